The summed E-state index contributed by atoms with van der Waals surface area (Å²) in [4.78, 5) is 11.2. The standard InChI is InChI=1S/C16H18O/c1-3-13-8-9-16(14(10-13)11-17)15-7-5-4-6-12(15)2/h4-8,10-11,16H,3,9H2,1-2H3. The van der Waals surface area contributed by atoms with Gasteiger partial charge >= 0.3 is 0 Å². The molecule has 17 heavy (non-hydrogen) atoms. The smallest absolute Gasteiger partial charge is 0.146 e. The molecule has 0 fully saturated rings. The minimum atomic E-state index is 0.240. The number of allylic oxidation sites excluding steroid dienone is 4. The van der Waals surface area contributed by atoms with Crippen molar-refractivity contribution in [1.82, 2.24) is 0 Å². The van der Waals surface area contributed by atoms with Gasteiger partial charge in [0.25, 0.3) is 0 Å². The number of aldehydes is 1. The highest BCUT2D eigenvalue weighted by Gasteiger charge is 2.20. The van der Waals surface area contributed by atoms with Gasteiger partial charge in [-0.15, -0.1) is 0 Å². The highest BCUT2D eigenvalue weighted by atomic mass is 16.1. The van der Waals surface area contributed by atoms with Gasteiger partial charge in [-0.2, -0.15) is 0 Å². The molecule has 0 heterocycles. The largest absolute Gasteiger partial charge is 0.298 e. The first-order valence-electron chi connectivity index (χ1n) is 6.17. The van der Waals surface area contributed by atoms with Crippen molar-refractivity contribution < 1.29 is 4.79 Å². The van der Waals surface area contributed by atoms with Crippen LogP contribution in [-0.4, -0.2) is 6.29 Å². The number of carbonyl (C=O) groups is 1. The van der Waals surface area contributed by atoms with Gasteiger partial charge in [-0.3, -0.25) is 4.79 Å². The first kappa shape index (κ1) is 11.8. The van der Waals surface area contributed by atoms with Crippen molar-refractivity contribution in [2.24, 2.45) is 0 Å². The molecule has 1 unspecified atom stereocenters. The molecule has 1 atom stereocenters. The molecule has 0 saturated carbocycles. The summed E-state index contributed by atoms with van der Waals surface area (Å²) in [6, 6.07) is 8.32. The molecule has 0 radical (unpaired) electrons. The molecular formula is C16H18O. The molecule has 1 aliphatic carbocycles. The summed E-state index contributed by atoms with van der Waals surface area (Å²) in [7, 11) is 0. The Morgan fingerprint density at radius 1 is 1.35 bits per heavy atom. The Labute approximate surface area is 103 Å². The maximum atomic E-state index is 11.2. The van der Waals surface area contributed by atoms with Crippen molar-refractivity contribution in [3.63, 3.8) is 0 Å². The molecule has 88 valence electrons. The van der Waals surface area contributed by atoms with Crippen molar-refractivity contribution in [1.29, 1.82) is 0 Å². The van der Waals surface area contributed by atoms with Crippen molar-refractivity contribution in [3.8, 4) is 0 Å². The molecule has 0 aliphatic heterocycles. The minimum absolute atomic E-state index is 0.240. The quantitative estimate of drug-likeness (QED) is 0.713. The zero-order valence-electron chi connectivity index (χ0n) is 10.4. The monoisotopic (exact) mass is 226 g/mol. The minimum Gasteiger partial charge on any atom is -0.298 e. The van der Waals surface area contributed by atoms with Crippen LogP contribution in [0.4, 0.5) is 0 Å². The van der Waals surface area contributed by atoms with E-state index in [0.29, 0.717) is 0 Å². The van der Waals surface area contributed by atoms with Gasteiger partial charge in [-0.25, -0.2) is 0 Å². The third-order valence-corrected chi connectivity index (χ3v) is 3.48. The van der Waals surface area contributed by atoms with Crippen LogP contribution in [0.5, 0.6) is 0 Å². The average Bonchev–Trinajstić information content (AvgIpc) is 2.38. The molecule has 0 saturated heterocycles. The van der Waals surface area contributed by atoms with E-state index < -0.39 is 0 Å². The maximum absolute atomic E-state index is 11.2. The molecule has 0 spiro atoms. The number of rotatable bonds is 3. The fourth-order valence-corrected chi connectivity index (χ4v) is 2.43. The topological polar surface area (TPSA) is 17.1 Å². The zero-order chi connectivity index (χ0) is 12.3. The van der Waals surface area contributed by atoms with Crippen LogP contribution in [-0.2, 0) is 4.79 Å². The van der Waals surface area contributed by atoms with Gasteiger partial charge in [0.1, 0.15) is 6.29 Å². The van der Waals surface area contributed by atoms with E-state index in [2.05, 4.69) is 32.1 Å². The summed E-state index contributed by atoms with van der Waals surface area (Å²) in [5.41, 5.74) is 4.73. The van der Waals surface area contributed by atoms with Crippen LogP contribution in [0.15, 0.2) is 47.6 Å². The lowest BCUT2D eigenvalue weighted by Crippen LogP contribution is -2.09. The van der Waals surface area contributed by atoms with E-state index in [-0.39, 0.29) is 5.92 Å². The van der Waals surface area contributed by atoms with Crippen LogP contribution < -0.4 is 0 Å². The average molecular weight is 226 g/mol. The lowest BCUT2D eigenvalue weighted by Gasteiger charge is -2.22. The SMILES string of the molecule is CCC1=CCC(c2ccccc2C)C(C=O)=C1. The van der Waals surface area contributed by atoms with Gasteiger partial charge in [-0.1, -0.05) is 48.9 Å². The van der Waals surface area contributed by atoms with Gasteiger partial charge in [0.15, 0.2) is 0 Å². The molecule has 0 bridgehead atoms. The summed E-state index contributed by atoms with van der Waals surface area (Å²) in [5.74, 6) is 0.240. The summed E-state index contributed by atoms with van der Waals surface area (Å²) < 4.78 is 0. The molecule has 1 nitrogen and oxygen atoms in total. The lowest BCUT2D eigenvalue weighted by atomic mass is 9.82. The predicted octanol–water partition coefficient (Wildman–Crippen LogP) is 3.94. The Hall–Kier alpha value is -1.63. The normalized spacial score (nSPS) is 19.5. The molecule has 1 heteroatoms. The summed E-state index contributed by atoms with van der Waals surface area (Å²) in [6.07, 6.45) is 7.26. The van der Waals surface area contributed by atoms with Crippen LogP contribution in [0.2, 0.25) is 0 Å². The molecule has 2 rings (SSSR count). The fraction of sp³-hybridized carbons (Fsp3) is 0.312. The Balaban J connectivity index is 2.36. The van der Waals surface area contributed by atoms with Gasteiger partial charge in [0.2, 0.25) is 0 Å². The number of hydrogen-bond acceptors (Lipinski definition) is 1. The molecule has 0 aromatic heterocycles. The second kappa shape index (κ2) is 5.13. The van der Waals surface area contributed by atoms with Crippen molar-refractivity contribution in [2.75, 3.05) is 0 Å². The third kappa shape index (κ3) is 2.38. The van der Waals surface area contributed by atoms with E-state index in [1.54, 1.807) is 0 Å². The van der Waals surface area contributed by atoms with Gasteiger partial charge < -0.3 is 0 Å². The van der Waals surface area contributed by atoms with Gasteiger partial charge in [0, 0.05) is 5.92 Å². The molecule has 1 aliphatic rings. The van der Waals surface area contributed by atoms with Gasteiger partial charge in [-0.05, 0) is 36.5 Å². The van der Waals surface area contributed by atoms with E-state index in [1.165, 1.54) is 16.7 Å². The predicted molar refractivity (Wildman–Crippen MR) is 71.1 cm³/mol. The van der Waals surface area contributed by atoms with Crippen molar-refractivity contribution in [3.05, 3.63) is 58.7 Å². The molecule has 1 aromatic rings. The molecule has 1 aromatic carbocycles. The van der Waals surface area contributed by atoms with Crippen LogP contribution in [0.1, 0.15) is 36.8 Å². The summed E-state index contributed by atoms with van der Waals surface area (Å²) >= 11 is 0. The maximum Gasteiger partial charge on any atom is 0.146 e. The van der Waals surface area contributed by atoms with E-state index in [9.17, 15) is 4.79 Å². The highest BCUT2D eigenvalue weighted by molar-refractivity contribution is 5.78. The first-order valence-corrected chi connectivity index (χ1v) is 6.17. The molecular weight excluding hydrogens is 208 g/mol. The Morgan fingerprint density at radius 3 is 2.76 bits per heavy atom. The Bertz CT molecular complexity index is 480. The molecule has 0 amide bonds. The summed E-state index contributed by atoms with van der Waals surface area (Å²) in [5, 5.41) is 0. The zero-order valence-corrected chi connectivity index (χ0v) is 10.4. The number of benzene rings is 1. The lowest BCUT2D eigenvalue weighted by molar-refractivity contribution is -0.105. The van der Waals surface area contributed by atoms with Crippen molar-refractivity contribution in [2.45, 2.75) is 32.6 Å². The second-order valence-electron chi connectivity index (χ2n) is 4.54. The van der Waals surface area contributed by atoms with E-state index in [0.717, 1.165) is 24.7 Å². The first-order chi connectivity index (χ1) is 8.26. The third-order valence-electron chi connectivity index (χ3n) is 3.48. The second-order valence-corrected chi connectivity index (χ2v) is 4.54. The van der Waals surface area contributed by atoms with Crippen LogP contribution in [0.3, 0.4) is 0 Å². The van der Waals surface area contributed by atoms with E-state index in [4.69, 9.17) is 0 Å². The number of carbonyl (C=O) groups excluding carboxylic acids is 1. The Morgan fingerprint density at radius 2 is 2.12 bits per heavy atom. The fourth-order valence-electron chi connectivity index (χ4n) is 2.43. The van der Waals surface area contributed by atoms with Crippen LogP contribution in [0.25, 0.3) is 0 Å². The van der Waals surface area contributed by atoms with Gasteiger partial charge in [0.05, 0.1) is 0 Å². The molecule has 0 N–H and O–H groups in total. The number of aryl methyl sites for hydroxylation is 1. The van der Waals surface area contributed by atoms with Crippen LogP contribution >= 0.6 is 0 Å². The van der Waals surface area contributed by atoms with E-state index >= 15 is 0 Å². The van der Waals surface area contributed by atoms with E-state index in [1.807, 2.05) is 18.2 Å². The summed E-state index contributed by atoms with van der Waals surface area (Å²) in [6.45, 7) is 4.23. The van der Waals surface area contributed by atoms with Crippen LogP contribution in [0, 0.1) is 6.92 Å². The highest BCUT2D eigenvalue weighted by Crippen LogP contribution is 2.34. The van der Waals surface area contributed by atoms with Crippen molar-refractivity contribution >= 4 is 6.29 Å². The Kier molecular flexibility index (Phi) is 3.58. The number of hydrogen-bond donors (Lipinski definition) is 0.